The van der Waals surface area contributed by atoms with Crippen LogP contribution in [-0.4, -0.2) is 27.3 Å². The van der Waals surface area contributed by atoms with Crippen LogP contribution in [0.1, 0.15) is 27.2 Å². The molecule has 0 atom stereocenters. The first-order chi connectivity index (χ1) is 13.8. The first kappa shape index (κ1) is 16.8. The Labute approximate surface area is 161 Å². The van der Waals surface area contributed by atoms with Crippen LogP contribution >= 0.6 is 0 Å². The largest absolute Gasteiger partial charge is 0.442 e. The van der Waals surface area contributed by atoms with Crippen molar-refractivity contribution in [2.75, 3.05) is 6.54 Å². The Morgan fingerprint density at radius 3 is 2.96 bits per heavy atom. The summed E-state index contributed by atoms with van der Waals surface area (Å²) in [6.45, 7) is 1.81. The van der Waals surface area contributed by atoms with Gasteiger partial charge in [0, 0.05) is 23.7 Å². The SMILES string of the molecule is O=C(Cc1cc2nc(-c3cnco3)ccc2cn1)c1ccc2c(c1)CNCC2. The van der Waals surface area contributed by atoms with E-state index in [4.69, 9.17) is 4.42 Å². The van der Waals surface area contributed by atoms with Crippen molar-refractivity contribution in [1.29, 1.82) is 0 Å². The molecule has 0 spiro atoms. The molecule has 1 aliphatic heterocycles. The normalized spacial score (nSPS) is 13.4. The van der Waals surface area contributed by atoms with Crippen LogP contribution in [0.2, 0.25) is 0 Å². The van der Waals surface area contributed by atoms with Crippen LogP contribution in [0.15, 0.2) is 59.6 Å². The van der Waals surface area contributed by atoms with Crippen LogP contribution in [-0.2, 0) is 19.4 Å². The Balaban J connectivity index is 1.42. The molecule has 0 fully saturated rings. The lowest BCUT2D eigenvalue weighted by atomic mass is 9.96. The molecule has 0 amide bonds. The number of hydrogen-bond acceptors (Lipinski definition) is 6. The van der Waals surface area contributed by atoms with E-state index in [-0.39, 0.29) is 12.2 Å². The van der Waals surface area contributed by atoms with Crippen LogP contribution in [0.4, 0.5) is 0 Å². The summed E-state index contributed by atoms with van der Waals surface area (Å²) in [6.07, 6.45) is 6.02. The van der Waals surface area contributed by atoms with Crippen molar-refractivity contribution in [2.45, 2.75) is 19.4 Å². The summed E-state index contributed by atoms with van der Waals surface area (Å²) < 4.78 is 5.32. The molecule has 3 aromatic heterocycles. The Morgan fingerprint density at radius 1 is 1.11 bits per heavy atom. The Morgan fingerprint density at radius 2 is 2.07 bits per heavy atom. The van der Waals surface area contributed by atoms with Crippen molar-refractivity contribution < 1.29 is 9.21 Å². The van der Waals surface area contributed by atoms with Crippen molar-refractivity contribution in [3.8, 4) is 11.5 Å². The van der Waals surface area contributed by atoms with Gasteiger partial charge >= 0.3 is 0 Å². The zero-order chi connectivity index (χ0) is 18.9. The van der Waals surface area contributed by atoms with E-state index in [0.29, 0.717) is 17.1 Å². The van der Waals surface area contributed by atoms with Gasteiger partial charge in [-0.1, -0.05) is 12.1 Å². The topological polar surface area (TPSA) is 80.9 Å². The van der Waals surface area contributed by atoms with E-state index >= 15 is 0 Å². The summed E-state index contributed by atoms with van der Waals surface area (Å²) in [7, 11) is 0. The van der Waals surface area contributed by atoms with E-state index in [1.807, 2.05) is 30.3 Å². The molecule has 5 rings (SSSR count). The number of aromatic nitrogens is 3. The number of carbonyl (C=O) groups excluding carboxylic acids is 1. The third kappa shape index (κ3) is 3.18. The molecule has 0 saturated carbocycles. The van der Waals surface area contributed by atoms with Gasteiger partial charge in [0.25, 0.3) is 0 Å². The molecule has 0 bridgehead atoms. The van der Waals surface area contributed by atoms with E-state index in [1.54, 1.807) is 12.4 Å². The maximum Gasteiger partial charge on any atom is 0.181 e. The van der Waals surface area contributed by atoms with Gasteiger partial charge in [-0.25, -0.2) is 9.97 Å². The maximum atomic E-state index is 12.8. The molecule has 0 aliphatic carbocycles. The van der Waals surface area contributed by atoms with Gasteiger partial charge in [0.1, 0.15) is 5.69 Å². The number of carbonyl (C=O) groups is 1. The molecular weight excluding hydrogens is 352 g/mol. The molecule has 0 saturated heterocycles. The van der Waals surface area contributed by atoms with Crippen molar-refractivity contribution in [2.24, 2.45) is 0 Å². The van der Waals surface area contributed by atoms with Crippen molar-refractivity contribution in [3.05, 3.63) is 77.6 Å². The van der Waals surface area contributed by atoms with Gasteiger partial charge in [0.05, 0.1) is 23.8 Å². The zero-order valence-electron chi connectivity index (χ0n) is 15.2. The first-order valence-electron chi connectivity index (χ1n) is 9.26. The third-order valence-electron chi connectivity index (χ3n) is 5.07. The molecule has 4 aromatic rings. The number of rotatable bonds is 4. The highest BCUT2D eigenvalue weighted by atomic mass is 16.3. The number of Topliss-reactive ketones (excluding diaryl/α,β-unsaturated/α-hetero) is 1. The lowest BCUT2D eigenvalue weighted by molar-refractivity contribution is 0.0992. The predicted molar refractivity (Wildman–Crippen MR) is 105 cm³/mol. The van der Waals surface area contributed by atoms with E-state index in [9.17, 15) is 4.79 Å². The van der Waals surface area contributed by atoms with Gasteiger partial charge in [-0.3, -0.25) is 9.78 Å². The quantitative estimate of drug-likeness (QED) is 0.555. The van der Waals surface area contributed by atoms with E-state index in [0.717, 1.165) is 36.0 Å². The Bertz CT molecular complexity index is 1170. The lowest BCUT2D eigenvalue weighted by Crippen LogP contribution is -2.24. The minimum absolute atomic E-state index is 0.0617. The zero-order valence-corrected chi connectivity index (χ0v) is 15.2. The molecular formula is C22H18N4O2. The fourth-order valence-electron chi connectivity index (χ4n) is 3.55. The molecule has 28 heavy (non-hydrogen) atoms. The highest BCUT2D eigenvalue weighted by Gasteiger charge is 2.14. The number of pyridine rings is 2. The summed E-state index contributed by atoms with van der Waals surface area (Å²) in [4.78, 5) is 25.8. The fraction of sp³-hybridized carbons (Fsp3) is 0.182. The average Bonchev–Trinajstić information content (AvgIpc) is 3.28. The molecule has 4 heterocycles. The van der Waals surface area contributed by atoms with Gasteiger partial charge in [-0.05, 0) is 48.4 Å². The number of fused-ring (bicyclic) bond motifs is 2. The van der Waals surface area contributed by atoms with Crippen molar-refractivity contribution in [3.63, 3.8) is 0 Å². The van der Waals surface area contributed by atoms with Crippen molar-refractivity contribution in [1.82, 2.24) is 20.3 Å². The van der Waals surface area contributed by atoms with Crippen molar-refractivity contribution >= 4 is 16.7 Å². The van der Waals surface area contributed by atoms with E-state index in [2.05, 4.69) is 26.3 Å². The van der Waals surface area contributed by atoms with Gasteiger partial charge in [-0.2, -0.15) is 0 Å². The van der Waals surface area contributed by atoms with Crippen LogP contribution in [0.25, 0.3) is 22.4 Å². The highest BCUT2D eigenvalue weighted by molar-refractivity contribution is 5.98. The molecule has 1 aromatic carbocycles. The molecule has 0 unspecified atom stereocenters. The standard InChI is InChI=1S/C22H18N4O2/c27-21(15-2-1-14-5-6-23-10-17(14)7-15)9-18-8-20-16(11-25-18)3-4-19(26-20)22-12-24-13-28-22/h1-4,7-8,11-13,23H,5-6,9-10H2. The molecule has 138 valence electrons. The van der Waals surface area contributed by atoms with Crippen LogP contribution in [0, 0.1) is 0 Å². The molecule has 1 aliphatic rings. The summed E-state index contributed by atoms with van der Waals surface area (Å²) in [5.74, 6) is 0.672. The van der Waals surface area contributed by atoms with Crippen LogP contribution in [0.5, 0.6) is 0 Å². The van der Waals surface area contributed by atoms with Crippen LogP contribution < -0.4 is 5.32 Å². The minimum Gasteiger partial charge on any atom is -0.442 e. The summed E-state index contributed by atoms with van der Waals surface area (Å²) >= 11 is 0. The summed E-state index contributed by atoms with van der Waals surface area (Å²) in [5, 5.41) is 4.27. The lowest BCUT2D eigenvalue weighted by Gasteiger charge is -2.17. The number of oxazole rings is 1. The maximum absolute atomic E-state index is 12.8. The number of nitrogens with zero attached hydrogens (tertiary/aromatic N) is 3. The van der Waals surface area contributed by atoms with E-state index < -0.39 is 0 Å². The van der Waals surface area contributed by atoms with Gasteiger partial charge in [-0.15, -0.1) is 0 Å². The first-order valence-corrected chi connectivity index (χ1v) is 9.26. The minimum atomic E-state index is 0.0617. The Hall–Kier alpha value is -3.38. The number of nitrogens with one attached hydrogen (secondary N) is 1. The molecule has 6 heteroatoms. The molecule has 1 N–H and O–H groups in total. The summed E-state index contributed by atoms with van der Waals surface area (Å²) in [5.41, 5.74) is 5.45. The number of benzene rings is 1. The molecule has 6 nitrogen and oxygen atoms in total. The highest BCUT2D eigenvalue weighted by Crippen LogP contribution is 2.21. The fourth-order valence-corrected chi connectivity index (χ4v) is 3.55. The second-order valence-corrected chi connectivity index (χ2v) is 6.94. The predicted octanol–water partition coefficient (Wildman–Crippen LogP) is 3.36. The second kappa shape index (κ2) is 6.98. The second-order valence-electron chi connectivity index (χ2n) is 6.94. The number of hydrogen-bond donors (Lipinski definition) is 1. The number of ketones is 1. The van der Waals surface area contributed by atoms with E-state index in [1.165, 1.54) is 17.5 Å². The van der Waals surface area contributed by atoms with Gasteiger partial charge < -0.3 is 9.73 Å². The average molecular weight is 370 g/mol. The van der Waals surface area contributed by atoms with Gasteiger partial charge in [0.15, 0.2) is 17.9 Å². The molecule has 0 radical (unpaired) electrons. The van der Waals surface area contributed by atoms with Crippen LogP contribution in [0.3, 0.4) is 0 Å². The third-order valence-corrected chi connectivity index (χ3v) is 5.07. The monoisotopic (exact) mass is 370 g/mol. The summed E-state index contributed by atoms with van der Waals surface area (Å²) in [6, 6.07) is 11.7. The smallest absolute Gasteiger partial charge is 0.181 e. The van der Waals surface area contributed by atoms with Gasteiger partial charge in [0.2, 0.25) is 0 Å². The Kier molecular flexibility index (Phi) is 4.18.